The number of rotatable bonds is 2. The SMILES string of the molecule is O=C(Nc1ccc(Cl)c(C(F)(F)F)c1)C(=O)Nc1ccc(F)cc1F. The molecule has 0 fully saturated rings. The zero-order valence-corrected chi connectivity index (χ0v) is 12.8. The van der Waals surface area contributed by atoms with Gasteiger partial charge in [-0.1, -0.05) is 11.6 Å². The highest BCUT2D eigenvalue weighted by Gasteiger charge is 2.33. The number of halogens is 6. The molecule has 132 valence electrons. The van der Waals surface area contributed by atoms with Crippen LogP contribution < -0.4 is 10.6 Å². The molecule has 2 aromatic carbocycles. The minimum Gasteiger partial charge on any atom is -0.318 e. The summed E-state index contributed by atoms with van der Waals surface area (Å²) in [6, 6.07) is 4.73. The fraction of sp³-hybridized carbons (Fsp3) is 0.0667. The third kappa shape index (κ3) is 4.66. The van der Waals surface area contributed by atoms with Gasteiger partial charge >= 0.3 is 18.0 Å². The van der Waals surface area contributed by atoms with Gasteiger partial charge in [-0.3, -0.25) is 9.59 Å². The highest BCUT2D eigenvalue weighted by atomic mass is 35.5. The Balaban J connectivity index is 2.12. The highest BCUT2D eigenvalue weighted by molar-refractivity contribution is 6.43. The van der Waals surface area contributed by atoms with E-state index in [1.165, 1.54) is 0 Å². The Hall–Kier alpha value is -2.68. The van der Waals surface area contributed by atoms with Gasteiger partial charge < -0.3 is 10.6 Å². The number of carbonyl (C=O) groups excluding carboxylic acids is 2. The van der Waals surface area contributed by atoms with Gasteiger partial charge in [0.05, 0.1) is 16.3 Å². The first-order valence-corrected chi connectivity index (χ1v) is 6.90. The lowest BCUT2D eigenvalue weighted by atomic mass is 10.2. The number of benzene rings is 2. The van der Waals surface area contributed by atoms with Crippen LogP contribution in [0.2, 0.25) is 5.02 Å². The molecule has 0 heterocycles. The van der Waals surface area contributed by atoms with Gasteiger partial charge in [0.1, 0.15) is 11.6 Å². The van der Waals surface area contributed by atoms with Crippen LogP contribution in [0.15, 0.2) is 36.4 Å². The molecule has 2 aromatic rings. The molecule has 2 amide bonds. The van der Waals surface area contributed by atoms with Crippen molar-refractivity contribution in [3.05, 3.63) is 58.6 Å². The van der Waals surface area contributed by atoms with Gasteiger partial charge in [-0.25, -0.2) is 8.78 Å². The summed E-state index contributed by atoms with van der Waals surface area (Å²) in [6.45, 7) is 0. The number of hydrogen-bond donors (Lipinski definition) is 2. The van der Waals surface area contributed by atoms with Gasteiger partial charge in [-0.05, 0) is 30.3 Å². The normalized spacial score (nSPS) is 11.1. The molecule has 0 bridgehead atoms. The molecule has 0 aliphatic rings. The van der Waals surface area contributed by atoms with Crippen LogP contribution in [0.1, 0.15) is 5.56 Å². The molecule has 0 radical (unpaired) electrons. The minimum atomic E-state index is -4.75. The monoisotopic (exact) mass is 378 g/mol. The predicted octanol–water partition coefficient (Wildman–Crippen LogP) is 4.21. The molecule has 0 spiro atoms. The molecule has 0 saturated heterocycles. The highest BCUT2D eigenvalue weighted by Crippen LogP contribution is 2.36. The number of nitrogens with one attached hydrogen (secondary N) is 2. The van der Waals surface area contributed by atoms with E-state index < -0.39 is 45.9 Å². The van der Waals surface area contributed by atoms with Crippen molar-refractivity contribution >= 4 is 34.8 Å². The Morgan fingerprint density at radius 3 is 2.16 bits per heavy atom. The number of amides is 2. The topological polar surface area (TPSA) is 58.2 Å². The Labute approximate surface area is 142 Å². The van der Waals surface area contributed by atoms with E-state index in [1.54, 1.807) is 0 Å². The summed E-state index contributed by atoms with van der Waals surface area (Å²) in [4.78, 5) is 23.4. The van der Waals surface area contributed by atoms with Crippen LogP contribution in [0.3, 0.4) is 0 Å². The summed E-state index contributed by atoms with van der Waals surface area (Å²) in [5.74, 6) is -4.71. The maximum absolute atomic E-state index is 13.4. The van der Waals surface area contributed by atoms with Crippen LogP contribution in [0, 0.1) is 11.6 Å². The lowest BCUT2D eigenvalue weighted by molar-refractivity contribution is -0.137. The largest absolute Gasteiger partial charge is 0.417 e. The second-order valence-electron chi connectivity index (χ2n) is 4.72. The third-order valence-electron chi connectivity index (χ3n) is 2.92. The molecule has 4 nitrogen and oxygen atoms in total. The number of hydrogen-bond acceptors (Lipinski definition) is 2. The van der Waals surface area contributed by atoms with E-state index in [0.717, 1.165) is 24.3 Å². The van der Waals surface area contributed by atoms with Gasteiger partial charge in [0.2, 0.25) is 0 Å². The van der Waals surface area contributed by atoms with Crippen molar-refractivity contribution in [3.63, 3.8) is 0 Å². The molecule has 10 heteroatoms. The first-order chi connectivity index (χ1) is 11.6. The predicted molar refractivity (Wildman–Crippen MR) is 80.1 cm³/mol. The lowest BCUT2D eigenvalue weighted by Gasteiger charge is -2.12. The molecular weight excluding hydrogens is 371 g/mol. The van der Waals surface area contributed by atoms with Crippen molar-refractivity contribution in [3.8, 4) is 0 Å². The molecule has 25 heavy (non-hydrogen) atoms. The Morgan fingerprint density at radius 2 is 1.56 bits per heavy atom. The van der Waals surface area contributed by atoms with Crippen molar-refractivity contribution in [1.82, 2.24) is 0 Å². The molecule has 0 aliphatic carbocycles. The molecular formula is C15H8ClF5N2O2. The van der Waals surface area contributed by atoms with E-state index in [2.05, 4.69) is 0 Å². The summed E-state index contributed by atoms with van der Waals surface area (Å²) >= 11 is 5.43. The summed E-state index contributed by atoms with van der Waals surface area (Å²) < 4.78 is 64.4. The smallest absolute Gasteiger partial charge is 0.318 e. The van der Waals surface area contributed by atoms with Crippen LogP contribution in [-0.2, 0) is 15.8 Å². The zero-order chi connectivity index (χ0) is 18.8. The van der Waals surface area contributed by atoms with Crippen LogP contribution in [-0.4, -0.2) is 11.8 Å². The average molecular weight is 379 g/mol. The van der Waals surface area contributed by atoms with Crippen LogP contribution >= 0.6 is 11.6 Å². The van der Waals surface area contributed by atoms with Gasteiger partial charge in [-0.15, -0.1) is 0 Å². The van der Waals surface area contributed by atoms with Gasteiger partial charge in [0.15, 0.2) is 0 Å². The van der Waals surface area contributed by atoms with Gasteiger partial charge in [0, 0.05) is 11.8 Å². The quantitative estimate of drug-likeness (QED) is 0.607. The minimum absolute atomic E-state index is 0.337. The number of carbonyl (C=O) groups is 2. The summed E-state index contributed by atoms with van der Waals surface area (Å²) in [5, 5.41) is 3.22. The summed E-state index contributed by atoms with van der Waals surface area (Å²) in [7, 11) is 0. The summed E-state index contributed by atoms with van der Waals surface area (Å²) in [5.41, 5.74) is -2.00. The Bertz CT molecular complexity index is 839. The Kier molecular flexibility index (Phi) is 5.27. The fourth-order valence-electron chi connectivity index (χ4n) is 1.78. The van der Waals surface area contributed by atoms with Crippen LogP contribution in [0.25, 0.3) is 0 Å². The first kappa shape index (κ1) is 18.7. The average Bonchev–Trinajstić information content (AvgIpc) is 2.50. The molecule has 0 aliphatic heterocycles. The molecule has 2 N–H and O–H groups in total. The molecule has 0 unspecified atom stereocenters. The first-order valence-electron chi connectivity index (χ1n) is 6.52. The maximum atomic E-state index is 13.4. The second kappa shape index (κ2) is 7.06. The molecule has 0 aromatic heterocycles. The van der Waals surface area contributed by atoms with Crippen molar-refractivity contribution in [2.45, 2.75) is 6.18 Å². The number of alkyl halides is 3. The molecule has 0 saturated carbocycles. The van der Waals surface area contributed by atoms with Crippen LogP contribution in [0.4, 0.5) is 33.3 Å². The van der Waals surface area contributed by atoms with Gasteiger partial charge in [0.25, 0.3) is 0 Å². The molecule has 0 atom stereocenters. The van der Waals surface area contributed by atoms with Gasteiger partial charge in [-0.2, -0.15) is 13.2 Å². The number of anilines is 2. The molecule has 2 rings (SSSR count). The van der Waals surface area contributed by atoms with Crippen molar-refractivity contribution < 1.29 is 31.5 Å². The fourth-order valence-corrected chi connectivity index (χ4v) is 2.00. The second-order valence-corrected chi connectivity index (χ2v) is 5.13. The Morgan fingerprint density at radius 1 is 0.920 bits per heavy atom. The zero-order valence-electron chi connectivity index (χ0n) is 12.0. The van der Waals surface area contributed by atoms with Crippen molar-refractivity contribution in [1.29, 1.82) is 0 Å². The van der Waals surface area contributed by atoms with E-state index in [9.17, 15) is 31.5 Å². The van der Waals surface area contributed by atoms with E-state index in [-0.39, 0.29) is 5.69 Å². The third-order valence-corrected chi connectivity index (χ3v) is 3.24. The van der Waals surface area contributed by atoms with E-state index >= 15 is 0 Å². The van der Waals surface area contributed by atoms with E-state index in [4.69, 9.17) is 11.6 Å². The van der Waals surface area contributed by atoms with E-state index in [1.807, 2.05) is 10.6 Å². The standard InChI is InChI=1S/C15H8ClF5N2O2/c16-10-3-2-8(6-9(10)15(19,20)21)22-13(24)14(25)23-12-4-1-7(17)5-11(12)18/h1-6H,(H,22,24)(H,23,25). The van der Waals surface area contributed by atoms with Crippen LogP contribution in [0.5, 0.6) is 0 Å². The lowest BCUT2D eigenvalue weighted by Crippen LogP contribution is -2.29. The van der Waals surface area contributed by atoms with E-state index in [0.29, 0.717) is 12.1 Å². The maximum Gasteiger partial charge on any atom is 0.417 e. The van der Waals surface area contributed by atoms with Crippen molar-refractivity contribution in [2.75, 3.05) is 10.6 Å². The summed E-state index contributed by atoms with van der Waals surface area (Å²) in [6.07, 6.45) is -4.75. The van der Waals surface area contributed by atoms with Crippen molar-refractivity contribution in [2.24, 2.45) is 0 Å².